The Morgan fingerprint density at radius 2 is 1.09 bits per heavy atom. The molecule has 12 nitrogen and oxygen atoms in total. The molecule has 0 saturated heterocycles. The Kier molecular flexibility index (Phi) is 15.3. The van der Waals surface area contributed by atoms with Gasteiger partial charge in [-0.3, -0.25) is 0 Å². The van der Waals surface area contributed by atoms with Crippen LogP contribution >= 0.6 is 0 Å². The third kappa shape index (κ3) is 12.5. The van der Waals surface area contributed by atoms with Crippen LogP contribution in [0.25, 0.3) is 34.0 Å². The summed E-state index contributed by atoms with van der Waals surface area (Å²) < 4.78 is 16.6. The summed E-state index contributed by atoms with van der Waals surface area (Å²) in [4.78, 5) is 59.4. The minimum absolute atomic E-state index is 0.0480. The van der Waals surface area contributed by atoms with Crippen LogP contribution in [0.1, 0.15) is 118 Å². The number of fused-ring (bicyclic) bond motifs is 4. The third-order valence-electron chi connectivity index (χ3n) is 12.1. The first-order valence-corrected chi connectivity index (χ1v) is 23.6. The summed E-state index contributed by atoms with van der Waals surface area (Å²) in [5, 5.41) is 11.2. The van der Waals surface area contributed by atoms with Crippen LogP contribution in [-0.4, -0.2) is 79.9 Å². The van der Waals surface area contributed by atoms with E-state index in [4.69, 9.17) is 19.3 Å². The number of H-pyrrole nitrogens is 2. The maximum absolute atomic E-state index is 13.3. The van der Waals surface area contributed by atoms with Gasteiger partial charge in [-0.15, -0.1) is 0 Å². The number of aromatic amines is 2. The number of aryl methyl sites for hydroxylation is 2. The van der Waals surface area contributed by atoms with Crippen LogP contribution in [-0.2, 0) is 49.5 Å². The first kappa shape index (κ1) is 48.8. The van der Waals surface area contributed by atoms with Crippen LogP contribution in [0.3, 0.4) is 0 Å². The number of aliphatic carboxylic acids is 1. The van der Waals surface area contributed by atoms with Crippen molar-refractivity contribution >= 4 is 58.1 Å². The van der Waals surface area contributed by atoms with Crippen LogP contribution in [0.15, 0.2) is 109 Å². The number of benzene rings is 4. The summed E-state index contributed by atoms with van der Waals surface area (Å²) in [6.45, 7) is 14.6. The van der Waals surface area contributed by atoms with Crippen molar-refractivity contribution in [2.75, 3.05) is 19.7 Å². The van der Waals surface area contributed by atoms with Crippen LogP contribution < -0.4 is 0 Å². The van der Waals surface area contributed by atoms with Gasteiger partial charge in [-0.25, -0.2) is 19.2 Å². The van der Waals surface area contributed by atoms with E-state index in [1.165, 1.54) is 33.5 Å². The quantitative estimate of drug-likeness (QED) is 0.0588. The van der Waals surface area contributed by atoms with Crippen molar-refractivity contribution in [2.24, 2.45) is 0 Å². The minimum atomic E-state index is -0.971. The number of rotatable bonds is 13. The molecule has 2 unspecified atom stereocenters. The van der Waals surface area contributed by atoms with E-state index in [2.05, 4.69) is 40.3 Å². The predicted octanol–water partition coefficient (Wildman–Crippen LogP) is 11.9. The molecule has 3 N–H and O–H groups in total. The number of aromatic nitrogens is 2. The zero-order chi connectivity index (χ0) is 48.6. The highest BCUT2D eigenvalue weighted by atomic mass is 16.6. The number of esters is 1. The molecular formula is C56H64N4O8. The van der Waals surface area contributed by atoms with E-state index >= 15 is 0 Å². The lowest BCUT2D eigenvalue weighted by molar-refractivity contribution is -0.137. The second kappa shape index (κ2) is 21.3. The molecule has 0 bridgehead atoms. The van der Waals surface area contributed by atoms with Crippen molar-refractivity contribution in [3.8, 4) is 0 Å². The van der Waals surface area contributed by atoms with Gasteiger partial charge in [0.15, 0.2) is 0 Å². The van der Waals surface area contributed by atoms with Gasteiger partial charge in [-0.2, -0.15) is 0 Å². The molecule has 2 aromatic heterocycles. The maximum atomic E-state index is 13.3. The molecule has 2 heterocycles. The van der Waals surface area contributed by atoms with Crippen LogP contribution in [0.2, 0.25) is 0 Å². The summed E-state index contributed by atoms with van der Waals surface area (Å²) in [7, 11) is 0. The molecule has 2 atom stereocenters. The van der Waals surface area contributed by atoms with E-state index in [1.807, 2.05) is 118 Å². The number of ether oxygens (including phenoxy) is 3. The molecule has 6 aromatic rings. The molecule has 0 aliphatic heterocycles. The highest BCUT2D eigenvalue weighted by molar-refractivity contribution is 5.87. The van der Waals surface area contributed by atoms with E-state index < -0.39 is 17.2 Å². The van der Waals surface area contributed by atoms with Gasteiger partial charge >= 0.3 is 24.1 Å². The Bertz CT molecular complexity index is 2820. The van der Waals surface area contributed by atoms with Crippen molar-refractivity contribution < 1.29 is 38.5 Å². The summed E-state index contributed by atoms with van der Waals surface area (Å²) in [5.41, 5.74) is 9.77. The van der Waals surface area contributed by atoms with Gasteiger partial charge in [0.25, 0.3) is 0 Å². The van der Waals surface area contributed by atoms with Crippen molar-refractivity contribution in [1.82, 2.24) is 19.8 Å². The van der Waals surface area contributed by atoms with Gasteiger partial charge < -0.3 is 39.1 Å². The smallest absolute Gasteiger partial charge is 0.410 e. The number of hydrogen-bond donors (Lipinski definition) is 3. The molecule has 4 aromatic carbocycles. The second-order valence-corrected chi connectivity index (χ2v) is 19.3. The molecule has 68 heavy (non-hydrogen) atoms. The number of para-hydroxylation sites is 2. The fourth-order valence-corrected chi connectivity index (χ4v) is 9.16. The number of carboxylic acid groups (broad SMARTS) is 1. The molecule has 0 spiro atoms. The number of hydrogen-bond acceptors (Lipinski definition) is 7. The van der Waals surface area contributed by atoms with Gasteiger partial charge in [0.05, 0.1) is 18.7 Å². The summed E-state index contributed by atoms with van der Waals surface area (Å²) in [6.07, 6.45) is 14.2. The molecule has 356 valence electrons. The van der Waals surface area contributed by atoms with E-state index in [1.54, 1.807) is 19.1 Å². The molecule has 2 aliphatic rings. The van der Waals surface area contributed by atoms with Crippen molar-refractivity contribution in [3.05, 3.63) is 154 Å². The molecule has 2 amide bonds. The number of nitrogens with zero attached hydrogens (tertiary/aromatic N) is 2. The zero-order valence-electron chi connectivity index (χ0n) is 40.3. The average Bonchev–Trinajstić information content (AvgIpc) is 4.10. The standard InChI is InChI=1S/C29H34N2O4.C27H30N2O4/c1-5-34-27(32)15-11-20-10-13-24-21(18-20)12-14-26(24)31(28(33)35-29(2,3)4)17-16-22-19-30-25-9-7-6-8-23(22)25;1-27(2,3)33-26(32)29(15-14-20-17-28-23-7-5-4-6-21(20)23)24-12-10-19-16-18(8-11-22(19)24)9-13-25(30)31/h6-11,13,15,18-19,26,30H,5,12,14,16-17H2,1-4H3;4-9,11,13,16-17,24,28H,10,12,14-15H2,1-3H3,(H,30,31)/b15-11+;13-9+. The fraction of sp³-hybridized carbons (Fsp3) is 0.357. The normalized spacial score (nSPS) is 15.5. The minimum Gasteiger partial charge on any atom is -0.478 e. The Morgan fingerprint density at radius 1 is 0.647 bits per heavy atom. The van der Waals surface area contributed by atoms with Crippen LogP contribution in [0.4, 0.5) is 9.59 Å². The van der Waals surface area contributed by atoms with Gasteiger partial charge in [0, 0.05) is 59.4 Å². The first-order chi connectivity index (χ1) is 32.5. The summed E-state index contributed by atoms with van der Waals surface area (Å²) in [6, 6.07) is 28.4. The fourth-order valence-electron chi connectivity index (χ4n) is 9.16. The lowest BCUT2D eigenvalue weighted by atomic mass is 10.0. The third-order valence-corrected chi connectivity index (χ3v) is 12.1. The molecule has 2 aliphatic carbocycles. The van der Waals surface area contributed by atoms with Gasteiger partial charge in [-0.1, -0.05) is 72.8 Å². The zero-order valence-corrected chi connectivity index (χ0v) is 40.3. The second-order valence-electron chi connectivity index (χ2n) is 19.3. The van der Waals surface area contributed by atoms with Crippen molar-refractivity contribution in [1.29, 1.82) is 0 Å². The van der Waals surface area contributed by atoms with Crippen LogP contribution in [0, 0.1) is 0 Å². The Hall–Kier alpha value is -7.08. The number of nitrogens with one attached hydrogen (secondary N) is 2. The van der Waals surface area contributed by atoms with Crippen molar-refractivity contribution in [2.45, 2.75) is 110 Å². The Balaban J connectivity index is 0.000000202. The summed E-state index contributed by atoms with van der Waals surface area (Å²) in [5.74, 6) is -1.32. The first-order valence-electron chi connectivity index (χ1n) is 23.6. The van der Waals surface area contributed by atoms with E-state index in [9.17, 15) is 19.2 Å². The lowest BCUT2D eigenvalue weighted by Gasteiger charge is -2.32. The number of carboxylic acids is 1. The SMILES string of the molecule is CC(C)(C)OC(=O)N(CCc1c[nH]c2ccccc12)C1CCc2cc(/C=C/C(=O)O)ccc21.CCOC(=O)/C=C/c1ccc2c(c1)CCC2N(CCc1c[nH]c2ccccc12)C(=O)OC(C)(C)C. The lowest BCUT2D eigenvalue weighted by Crippen LogP contribution is -2.40. The predicted molar refractivity (Wildman–Crippen MR) is 267 cm³/mol. The average molecular weight is 921 g/mol. The topological polar surface area (TPSA) is 154 Å². The molecule has 12 heteroatoms. The highest BCUT2D eigenvalue weighted by Gasteiger charge is 2.35. The molecule has 0 saturated carbocycles. The van der Waals surface area contributed by atoms with E-state index in [0.717, 1.165) is 77.0 Å². The number of carbonyl (C=O) groups is 4. The van der Waals surface area contributed by atoms with E-state index in [0.29, 0.717) is 26.1 Å². The maximum Gasteiger partial charge on any atom is 0.410 e. The molecule has 0 radical (unpaired) electrons. The summed E-state index contributed by atoms with van der Waals surface area (Å²) >= 11 is 0. The van der Waals surface area contributed by atoms with Crippen molar-refractivity contribution in [3.63, 3.8) is 0 Å². The highest BCUT2D eigenvalue weighted by Crippen LogP contribution is 2.39. The van der Waals surface area contributed by atoms with Crippen LogP contribution in [0.5, 0.6) is 0 Å². The number of carbonyl (C=O) groups excluding carboxylic acids is 3. The van der Waals surface area contributed by atoms with Gasteiger partial charge in [-0.05, 0) is 156 Å². The monoisotopic (exact) mass is 920 g/mol. The Labute approximate surface area is 399 Å². The van der Waals surface area contributed by atoms with Gasteiger partial charge in [0.1, 0.15) is 11.2 Å². The molecular weight excluding hydrogens is 857 g/mol. The van der Waals surface area contributed by atoms with Gasteiger partial charge in [0.2, 0.25) is 0 Å². The number of amides is 2. The molecule has 0 fully saturated rings. The largest absolute Gasteiger partial charge is 0.478 e. The molecule has 8 rings (SSSR count). The Morgan fingerprint density at radius 3 is 1.51 bits per heavy atom. The van der Waals surface area contributed by atoms with E-state index in [-0.39, 0.29) is 30.2 Å².